The molecule has 3 heterocycles. The third-order valence-corrected chi connectivity index (χ3v) is 5.86. The number of likely N-dealkylation sites (tertiary alicyclic amines) is 1. The Kier molecular flexibility index (Phi) is 6.26. The molecule has 2 aliphatic rings. The Labute approximate surface area is 155 Å². The molecule has 1 spiro atoms. The summed E-state index contributed by atoms with van der Waals surface area (Å²) in [6.07, 6.45) is 3.23. The first-order valence-electron chi connectivity index (χ1n) is 9.58. The van der Waals surface area contributed by atoms with E-state index in [1.807, 2.05) is 4.90 Å². The molecule has 26 heavy (non-hydrogen) atoms. The fourth-order valence-electron chi connectivity index (χ4n) is 4.08. The van der Waals surface area contributed by atoms with Crippen molar-refractivity contribution in [2.75, 3.05) is 53.5 Å². The van der Waals surface area contributed by atoms with E-state index in [2.05, 4.69) is 33.9 Å². The predicted molar refractivity (Wildman–Crippen MR) is 96.6 cm³/mol. The molecular formula is C18H31N5O3. The van der Waals surface area contributed by atoms with Gasteiger partial charge in [-0.3, -0.25) is 14.6 Å². The summed E-state index contributed by atoms with van der Waals surface area (Å²) in [6, 6.07) is 0. The summed E-state index contributed by atoms with van der Waals surface area (Å²) >= 11 is 0. The maximum absolute atomic E-state index is 12.3. The highest BCUT2D eigenvalue weighted by Gasteiger charge is 2.42. The zero-order valence-corrected chi connectivity index (χ0v) is 16.2. The van der Waals surface area contributed by atoms with Crippen LogP contribution in [0.3, 0.4) is 0 Å². The lowest BCUT2D eigenvalue weighted by atomic mass is 9.86. The van der Waals surface area contributed by atoms with Crippen LogP contribution in [0.25, 0.3) is 0 Å². The minimum absolute atomic E-state index is 0.0523. The summed E-state index contributed by atoms with van der Waals surface area (Å²) in [5.74, 6) is 1.65. The maximum Gasteiger partial charge on any atom is 0.240 e. The number of nitrogens with zero attached hydrogens (tertiary/aromatic N) is 5. The van der Waals surface area contributed by atoms with Crippen molar-refractivity contribution in [3.8, 4) is 0 Å². The second-order valence-electron chi connectivity index (χ2n) is 7.43. The van der Waals surface area contributed by atoms with Gasteiger partial charge in [0.1, 0.15) is 0 Å². The van der Waals surface area contributed by atoms with E-state index < -0.39 is 0 Å². The molecule has 0 saturated carbocycles. The lowest BCUT2D eigenvalue weighted by Gasteiger charge is -2.49. The third-order valence-electron chi connectivity index (χ3n) is 5.86. The van der Waals surface area contributed by atoms with Crippen molar-refractivity contribution in [1.82, 2.24) is 24.8 Å². The van der Waals surface area contributed by atoms with E-state index in [0.29, 0.717) is 37.7 Å². The Balaban J connectivity index is 1.64. The number of aromatic nitrogens is 2. The molecule has 8 nitrogen and oxygen atoms in total. The summed E-state index contributed by atoms with van der Waals surface area (Å²) in [7, 11) is 3.86. The first-order chi connectivity index (χ1) is 12.6. The lowest BCUT2D eigenvalue weighted by molar-refractivity contribution is -0.130. The van der Waals surface area contributed by atoms with Gasteiger partial charge in [0.05, 0.1) is 13.2 Å². The number of rotatable bonds is 6. The molecule has 0 bridgehead atoms. The van der Waals surface area contributed by atoms with E-state index in [1.165, 1.54) is 0 Å². The molecule has 1 aromatic rings. The number of hydrogen-bond donors (Lipinski definition) is 0. The van der Waals surface area contributed by atoms with Gasteiger partial charge in [-0.15, -0.1) is 0 Å². The van der Waals surface area contributed by atoms with Crippen LogP contribution in [0.15, 0.2) is 4.52 Å². The topological polar surface area (TPSA) is 74.9 Å². The molecule has 8 heteroatoms. The number of likely N-dealkylation sites (N-methyl/N-ethyl adjacent to an activating group) is 1. The summed E-state index contributed by atoms with van der Waals surface area (Å²) in [6.45, 7) is 7.86. The second kappa shape index (κ2) is 8.45. The average Bonchev–Trinajstić information content (AvgIpc) is 3.02. The average molecular weight is 365 g/mol. The van der Waals surface area contributed by atoms with Crippen LogP contribution in [0.5, 0.6) is 0 Å². The Hall–Kier alpha value is -1.51. The number of ether oxygens (including phenoxy) is 1. The van der Waals surface area contributed by atoms with Crippen molar-refractivity contribution >= 4 is 5.91 Å². The van der Waals surface area contributed by atoms with E-state index in [4.69, 9.17) is 9.26 Å². The fourth-order valence-corrected chi connectivity index (χ4v) is 4.08. The van der Waals surface area contributed by atoms with Crippen LogP contribution in [0.4, 0.5) is 0 Å². The molecule has 0 radical (unpaired) electrons. The minimum Gasteiger partial charge on any atom is -0.384 e. The molecule has 0 aliphatic carbocycles. The van der Waals surface area contributed by atoms with Gasteiger partial charge >= 0.3 is 0 Å². The molecule has 2 saturated heterocycles. The summed E-state index contributed by atoms with van der Waals surface area (Å²) < 4.78 is 10.5. The van der Waals surface area contributed by atoms with E-state index >= 15 is 0 Å². The standard InChI is InChI=1S/C18H31N5O3/c1-4-23-9-8-18(7-5-17(23)24)14-22(11-10-21(18)2)13-16-19-15(20-26-16)6-12-25-3/h4-14H2,1-3H3/t18-/m1/s1. The molecule has 2 aliphatic heterocycles. The molecule has 0 N–H and O–H groups in total. The molecule has 0 unspecified atom stereocenters. The first kappa shape index (κ1) is 19.3. The number of amides is 1. The van der Waals surface area contributed by atoms with Gasteiger partial charge in [-0.05, 0) is 26.8 Å². The van der Waals surface area contributed by atoms with E-state index in [1.54, 1.807) is 7.11 Å². The number of hydrogen-bond acceptors (Lipinski definition) is 7. The number of methoxy groups -OCH3 is 1. The molecule has 1 aromatic heterocycles. The number of carbonyl (C=O) groups excluding carboxylic acids is 1. The number of piperazine rings is 1. The van der Waals surface area contributed by atoms with Crippen LogP contribution in [0.2, 0.25) is 0 Å². The lowest BCUT2D eigenvalue weighted by Crippen LogP contribution is -2.60. The van der Waals surface area contributed by atoms with Crippen molar-refractivity contribution in [2.24, 2.45) is 0 Å². The van der Waals surface area contributed by atoms with Crippen LogP contribution in [0, 0.1) is 0 Å². The SMILES string of the molecule is CCN1CC[C@]2(CCC1=O)CN(Cc1nc(CCOC)no1)CCN2C. The van der Waals surface area contributed by atoms with Gasteiger partial charge in [-0.1, -0.05) is 5.16 Å². The molecule has 146 valence electrons. The Morgan fingerprint density at radius 2 is 2.12 bits per heavy atom. The monoisotopic (exact) mass is 365 g/mol. The van der Waals surface area contributed by atoms with Crippen molar-refractivity contribution < 1.29 is 14.1 Å². The third kappa shape index (κ3) is 4.24. The second-order valence-corrected chi connectivity index (χ2v) is 7.43. The zero-order valence-electron chi connectivity index (χ0n) is 16.2. The van der Waals surface area contributed by atoms with Crippen molar-refractivity contribution in [1.29, 1.82) is 0 Å². The van der Waals surface area contributed by atoms with E-state index in [9.17, 15) is 4.79 Å². The molecule has 1 amide bonds. The molecule has 3 rings (SSSR count). The zero-order chi connectivity index (χ0) is 18.6. The van der Waals surface area contributed by atoms with Crippen LogP contribution in [0.1, 0.15) is 37.9 Å². The van der Waals surface area contributed by atoms with Crippen LogP contribution in [-0.4, -0.2) is 89.8 Å². The van der Waals surface area contributed by atoms with Crippen molar-refractivity contribution in [3.05, 3.63) is 11.7 Å². The summed E-state index contributed by atoms with van der Waals surface area (Å²) in [5.41, 5.74) is 0.0523. The summed E-state index contributed by atoms with van der Waals surface area (Å²) in [4.78, 5) is 23.6. The smallest absolute Gasteiger partial charge is 0.240 e. The normalized spacial score (nSPS) is 25.8. The first-order valence-corrected chi connectivity index (χ1v) is 9.58. The van der Waals surface area contributed by atoms with Gasteiger partial charge in [-0.2, -0.15) is 4.98 Å². The fraction of sp³-hybridized carbons (Fsp3) is 0.833. The van der Waals surface area contributed by atoms with Gasteiger partial charge in [0.2, 0.25) is 11.8 Å². The quantitative estimate of drug-likeness (QED) is 0.737. The molecular weight excluding hydrogens is 334 g/mol. The van der Waals surface area contributed by atoms with Gasteiger partial charge in [0, 0.05) is 58.2 Å². The van der Waals surface area contributed by atoms with Gasteiger partial charge < -0.3 is 14.2 Å². The largest absolute Gasteiger partial charge is 0.384 e. The van der Waals surface area contributed by atoms with E-state index in [0.717, 1.165) is 45.6 Å². The maximum atomic E-state index is 12.3. The predicted octanol–water partition coefficient (Wildman–Crippen LogP) is 0.777. The van der Waals surface area contributed by atoms with Crippen LogP contribution in [-0.2, 0) is 22.5 Å². The van der Waals surface area contributed by atoms with Crippen molar-refractivity contribution in [2.45, 2.75) is 44.7 Å². The van der Waals surface area contributed by atoms with Gasteiger partial charge in [0.15, 0.2) is 5.82 Å². The Morgan fingerprint density at radius 1 is 1.27 bits per heavy atom. The minimum atomic E-state index is 0.0523. The Bertz CT molecular complexity index is 607. The van der Waals surface area contributed by atoms with Gasteiger partial charge in [-0.25, -0.2) is 0 Å². The highest BCUT2D eigenvalue weighted by molar-refractivity contribution is 5.76. The van der Waals surface area contributed by atoms with Crippen molar-refractivity contribution in [3.63, 3.8) is 0 Å². The van der Waals surface area contributed by atoms with E-state index in [-0.39, 0.29) is 11.4 Å². The highest BCUT2D eigenvalue weighted by Crippen LogP contribution is 2.32. The van der Waals surface area contributed by atoms with Crippen LogP contribution >= 0.6 is 0 Å². The summed E-state index contributed by atoms with van der Waals surface area (Å²) in [5, 5.41) is 4.03. The van der Waals surface area contributed by atoms with Gasteiger partial charge in [0.25, 0.3) is 0 Å². The molecule has 2 fully saturated rings. The number of carbonyl (C=O) groups is 1. The molecule has 0 aromatic carbocycles. The molecule has 1 atom stereocenters. The highest BCUT2D eigenvalue weighted by atomic mass is 16.5. The van der Waals surface area contributed by atoms with Crippen LogP contribution < -0.4 is 0 Å². The Morgan fingerprint density at radius 3 is 2.88 bits per heavy atom.